The van der Waals surface area contributed by atoms with Crippen LogP contribution in [0.3, 0.4) is 0 Å². The predicted molar refractivity (Wildman–Crippen MR) is 111 cm³/mol. The van der Waals surface area contributed by atoms with Crippen molar-refractivity contribution in [2.45, 2.75) is 0 Å². The minimum atomic E-state index is -0.744. The van der Waals surface area contributed by atoms with Crippen molar-refractivity contribution < 1.29 is 27.5 Å². The summed E-state index contributed by atoms with van der Waals surface area (Å²) in [6.45, 7) is -0.491. The Kier molecular flexibility index (Phi) is 5.61. The van der Waals surface area contributed by atoms with Crippen LogP contribution in [-0.4, -0.2) is 18.4 Å². The summed E-state index contributed by atoms with van der Waals surface area (Å²) >= 11 is 0. The van der Waals surface area contributed by atoms with Crippen molar-refractivity contribution in [3.05, 3.63) is 90.2 Å². The molecule has 3 aromatic carbocycles. The molecule has 0 spiro atoms. The molecular formula is C23H16F2N2O4. The standard InChI is InChI=1S/C23H16F2N2O4/c24-15-8-2-4-10-17(15)26-23(29)22-21(14-7-1-5-11-18(14)31-22)27-20(28)13-30-19-12-6-3-9-16(19)25/h1-12H,13H2,(H,26,29)(H,27,28). The van der Waals surface area contributed by atoms with E-state index in [1.807, 2.05) is 0 Å². The smallest absolute Gasteiger partial charge is 0.293 e. The highest BCUT2D eigenvalue weighted by atomic mass is 19.1. The van der Waals surface area contributed by atoms with E-state index in [9.17, 15) is 18.4 Å². The number of halogens is 2. The van der Waals surface area contributed by atoms with Gasteiger partial charge in [-0.25, -0.2) is 8.78 Å². The molecule has 1 aromatic heterocycles. The summed E-state index contributed by atoms with van der Waals surface area (Å²) in [5.74, 6) is -2.87. The maximum atomic E-state index is 13.9. The first-order valence-corrected chi connectivity index (χ1v) is 9.27. The number of amides is 2. The van der Waals surface area contributed by atoms with Crippen molar-refractivity contribution in [1.29, 1.82) is 0 Å². The number of fused-ring (bicyclic) bond motifs is 1. The Balaban J connectivity index is 1.57. The van der Waals surface area contributed by atoms with Gasteiger partial charge in [0.05, 0.1) is 5.69 Å². The Hall–Kier alpha value is -4.20. The number of hydrogen-bond donors (Lipinski definition) is 2. The Labute approximate surface area is 175 Å². The number of anilines is 2. The van der Waals surface area contributed by atoms with Crippen LogP contribution in [0.15, 0.2) is 77.2 Å². The van der Waals surface area contributed by atoms with Crippen molar-refractivity contribution in [3.63, 3.8) is 0 Å². The van der Waals surface area contributed by atoms with Gasteiger partial charge in [-0.05, 0) is 36.4 Å². The van der Waals surface area contributed by atoms with Crippen LogP contribution in [0, 0.1) is 11.6 Å². The van der Waals surface area contributed by atoms with E-state index in [-0.39, 0.29) is 22.9 Å². The van der Waals surface area contributed by atoms with E-state index < -0.39 is 30.1 Å². The van der Waals surface area contributed by atoms with E-state index in [1.165, 1.54) is 36.4 Å². The van der Waals surface area contributed by atoms with E-state index >= 15 is 0 Å². The number of para-hydroxylation sites is 3. The molecule has 0 atom stereocenters. The molecule has 0 radical (unpaired) electrons. The molecule has 2 N–H and O–H groups in total. The first kappa shape index (κ1) is 20.1. The highest BCUT2D eigenvalue weighted by Gasteiger charge is 2.23. The molecule has 0 saturated carbocycles. The third kappa shape index (κ3) is 4.37. The molecule has 1 heterocycles. The lowest BCUT2D eigenvalue weighted by atomic mass is 10.2. The molecule has 0 fully saturated rings. The lowest BCUT2D eigenvalue weighted by molar-refractivity contribution is -0.118. The quantitative estimate of drug-likeness (QED) is 0.459. The summed E-state index contributed by atoms with van der Waals surface area (Å²) < 4.78 is 38.4. The molecule has 2 amide bonds. The SMILES string of the molecule is O=C(COc1ccccc1F)Nc1c(C(=O)Nc2ccccc2F)oc2ccccc12. The Morgan fingerprint density at radius 2 is 1.52 bits per heavy atom. The largest absolute Gasteiger partial charge is 0.481 e. The molecule has 0 saturated heterocycles. The second-order valence-electron chi connectivity index (χ2n) is 6.50. The summed E-state index contributed by atoms with van der Waals surface area (Å²) in [4.78, 5) is 25.2. The first-order chi connectivity index (χ1) is 15.0. The van der Waals surface area contributed by atoms with Crippen LogP contribution in [0.25, 0.3) is 11.0 Å². The van der Waals surface area contributed by atoms with E-state index in [2.05, 4.69) is 10.6 Å². The molecule has 0 aliphatic carbocycles. The second kappa shape index (κ2) is 8.66. The van der Waals surface area contributed by atoms with Crippen molar-refractivity contribution in [3.8, 4) is 5.75 Å². The Bertz CT molecular complexity index is 1270. The van der Waals surface area contributed by atoms with Crippen molar-refractivity contribution in [2.24, 2.45) is 0 Å². The molecule has 0 aliphatic rings. The maximum absolute atomic E-state index is 13.9. The number of hydrogen-bond acceptors (Lipinski definition) is 4. The highest BCUT2D eigenvalue weighted by Crippen LogP contribution is 2.31. The lowest BCUT2D eigenvalue weighted by Gasteiger charge is -2.09. The fraction of sp³-hybridized carbons (Fsp3) is 0.0435. The number of furan rings is 1. The van der Waals surface area contributed by atoms with Crippen LogP contribution in [0.2, 0.25) is 0 Å². The zero-order valence-electron chi connectivity index (χ0n) is 16.0. The van der Waals surface area contributed by atoms with E-state index in [1.54, 1.807) is 36.4 Å². The molecule has 4 aromatic rings. The molecule has 31 heavy (non-hydrogen) atoms. The third-order valence-corrected chi connectivity index (χ3v) is 4.38. The Morgan fingerprint density at radius 3 is 2.29 bits per heavy atom. The topological polar surface area (TPSA) is 80.6 Å². The molecule has 156 valence electrons. The lowest BCUT2D eigenvalue weighted by Crippen LogP contribution is -2.22. The van der Waals surface area contributed by atoms with Crippen LogP contribution in [0.1, 0.15) is 10.6 Å². The fourth-order valence-corrected chi connectivity index (χ4v) is 2.95. The van der Waals surface area contributed by atoms with Gasteiger partial charge in [0.25, 0.3) is 11.8 Å². The average Bonchev–Trinajstić information content (AvgIpc) is 3.13. The van der Waals surface area contributed by atoms with Crippen LogP contribution in [0.4, 0.5) is 20.2 Å². The zero-order chi connectivity index (χ0) is 21.8. The van der Waals surface area contributed by atoms with Gasteiger partial charge in [-0.3, -0.25) is 9.59 Å². The molecule has 4 rings (SSSR count). The van der Waals surface area contributed by atoms with Crippen LogP contribution in [0.5, 0.6) is 5.75 Å². The molecule has 0 aliphatic heterocycles. The second-order valence-corrected chi connectivity index (χ2v) is 6.50. The van der Waals surface area contributed by atoms with Gasteiger partial charge in [0.2, 0.25) is 5.76 Å². The van der Waals surface area contributed by atoms with Gasteiger partial charge < -0.3 is 19.8 Å². The van der Waals surface area contributed by atoms with Crippen molar-refractivity contribution >= 4 is 34.2 Å². The molecular weight excluding hydrogens is 406 g/mol. The van der Waals surface area contributed by atoms with Gasteiger partial charge in [-0.2, -0.15) is 0 Å². The summed E-state index contributed by atoms with van der Waals surface area (Å²) in [6, 6.07) is 18.0. The number of rotatable bonds is 6. The number of carbonyl (C=O) groups is 2. The van der Waals surface area contributed by atoms with E-state index in [4.69, 9.17) is 9.15 Å². The van der Waals surface area contributed by atoms with Gasteiger partial charge in [-0.15, -0.1) is 0 Å². The van der Waals surface area contributed by atoms with Gasteiger partial charge in [0, 0.05) is 5.39 Å². The summed E-state index contributed by atoms with van der Waals surface area (Å²) in [7, 11) is 0. The van der Waals surface area contributed by atoms with E-state index in [0.717, 1.165) is 0 Å². The summed E-state index contributed by atoms with van der Waals surface area (Å²) in [6.07, 6.45) is 0. The molecule has 8 heteroatoms. The maximum Gasteiger partial charge on any atom is 0.293 e. The average molecular weight is 422 g/mol. The highest BCUT2D eigenvalue weighted by molar-refractivity contribution is 6.14. The zero-order valence-corrected chi connectivity index (χ0v) is 16.0. The monoisotopic (exact) mass is 422 g/mol. The fourth-order valence-electron chi connectivity index (χ4n) is 2.95. The van der Waals surface area contributed by atoms with Crippen LogP contribution < -0.4 is 15.4 Å². The third-order valence-electron chi connectivity index (χ3n) is 4.38. The summed E-state index contributed by atoms with van der Waals surface area (Å²) in [5, 5.41) is 5.47. The number of benzene rings is 3. The van der Waals surface area contributed by atoms with Gasteiger partial charge in [0.1, 0.15) is 17.1 Å². The summed E-state index contributed by atoms with van der Waals surface area (Å²) in [5.41, 5.74) is 0.422. The van der Waals surface area contributed by atoms with Crippen molar-refractivity contribution in [1.82, 2.24) is 0 Å². The van der Waals surface area contributed by atoms with Gasteiger partial charge in [0.15, 0.2) is 18.2 Å². The minimum Gasteiger partial charge on any atom is -0.481 e. The number of carbonyl (C=O) groups excluding carboxylic acids is 2. The Morgan fingerprint density at radius 1 is 0.839 bits per heavy atom. The number of nitrogens with one attached hydrogen (secondary N) is 2. The predicted octanol–water partition coefficient (Wildman–Crippen LogP) is 4.98. The molecule has 0 unspecified atom stereocenters. The van der Waals surface area contributed by atoms with Crippen LogP contribution in [-0.2, 0) is 4.79 Å². The van der Waals surface area contributed by atoms with Crippen LogP contribution >= 0.6 is 0 Å². The minimum absolute atomic E-state index is 0.0341. The molecule has 0 bridgehead atoms. The first-order valence-electron chi connectivity index (χ1n) is 9.27. The van der Waals surface area contributed by atoms with Crippen molar-refractivity contribution in [2.75, 3.05) is 17.2 Å². The van der Waals surface area contributed by atoms with Gasteiger partial charge in [-0.1, -0.05) is 36.4 Å². The number of ether oxygens (including phenoxy) is 1. The molecule has 6 nitrogen and oxygen atoms in total. The normalized spacial score (nSPS) is 10.6. The van der Waals surface area contributed by atoms with Gasteiger partial charge >= 0.3 is 0 Å². The van der Waals surface area contributed by atoms with E-state index in [0.29, 0.717) is 11.0 Å².